The summed E-state index contributed by atoms with van der Waals surface area (Å²) >= 11 is 0. The van der Waals surface area contributed by atoms with Crippen molar-refractivity contribution in [2.24, 2.45) is 0 Å². The Kier molecular flexibility index (Phi) is 4.95. The number of carbonyl (C=O) groups excluding carboxylic acids is 1. The summed E-state index contributed by atoms with van der Waals surface area (Å²) in [5.74, 6) is 0. The SMILES string of the molecule is C=Cc1ccc(CCNC(=O)OC(C)(C)C)cc1. The van der Waals surface area contributed by atoms with E-state index < -0.39 is 5.60 Å². The molecule has 0 heterocycles. The van der Waals surface area contributed by atoms with Crippen LogP contribution in [0.25, 0.3) is 6.08 Å². The van der Waals surface area contributed by atoms with E-state index in [4.69, 9.17) is 4.74 Å². The number of carbonyl (C=O) groups is 1. The summed E-state index contributed by atoms with van der Waals surface area (Å²) in [5.41, 5.74) is 1.82. The summed E-state index contributed by atoms with van der Waals surface area (Å²) in [4.78, 5) is 11.4. The van der Waals surface area contributed by atoms with Crippen molar-refractivity contribution in [1.29, 1.82) is 0 Å². The largest absolute Gasteiger partial charge is 0.444 e. The molecule has 0 saturated heterocycles. The number of ether oxygens (including phenoxy) is 1. The Balaban J connectivity index is 2.33. The molecule has 1 amide bonds. The molecular formula is C15H21NO2. The molecule has 0 aliphatic carbocycles. The molecule has 0 atom stereocenters. The number of hydrogen-bond acceptors (Lipinski definition) is 2. The van der Waals surface area contributed by atoms with Gasteiger partial charge in [0.15, 0.2) is 0 Å². The molecule has 0 saturated carbocycles. The number of alkyl carbamates (subject to hydrolysis) is 1. The van der Waals surface area contributed by atoms with Crippen molar-refractivity contribution in [1.82, 2.24) is 5.32 Å². The summed E-state index contributed by atoms with van der Waals surface area (Å²) in [6, 6.07) is 8.09. The maximum absolute atomic E-state index is 11.4. The van der Waals surface area contributed by atoms with Crippen LogP contribution in [0.3, 0.4) is 0 Å². The zero-order chi connectivity index (χ0) is 13.6. The third-order valence-corrected chi connectivity index (χ3v) is 2.30. The van der Waals surface area contributed by atoms with Gasteiger partial charge in [0.25, 0.3) is 0 Å². The summed E-state index contributed by atoms with van der Waals surface area (Å²) in [6.07, 6.45) is 2.23. The van der Waals surface area contributed by atoms with Crippen LogP contribution in [0.1, 0.15) is 31.9 Å². The lowest BCUT2D eigenvalue weighted by Gasteiger charge is -2.19. The Morgan fingerprint density at radius 1 is 1.33 bits per heavy atom. The predicted molar refractivity (Wildman–Crippen MR) is 74.5 cm³/mol. The molecule has 0 aliphatic heterocycles. The minimum atomic E-state index is -0.449. The molecule has 3 heteroatoms. The van der Waals surface area contributed by atoms with Crippen LogP contribution in [-0.2, 0) is 11.2 Å². The molecule has 98 valence electrons. The van der Waals surface area contributed by atoms with E-state index in [1.54, 1.807) is 0 Å². The third-order valence-electron chi connectivity index (χ3n) is 2.30. The van der Waals surface area contributed by atoms with Gasteiger partial charge >= 0.3 is 6.09 Å². The van der Waals surface area contributed by atoms with Crippen molar-refractivity contribution in [3.8, 4) is 0 Å². The van der Waals surface area contributed by atoms with Gasteiger partial charge in [0, 0.05) is 6.54 Å². The van der Waals surface area contributed by atoms with Crippen LogP contribution in [0.5, 0.6) is 0 Å². The van der Waals surface area contributed by atoms with Gasteiger partial charge < -0.3 is 10.1 Å². The first-order valence-electron chi connectivity index (χ1n) is 6.09. The molecular weight excluding hydrogens is 226 g/mol. The quantitative estimate of drug-likeness (QED) is 0.885. The third kappa shape index (κ3) is 5.53. The minimum Gasteiger partial charge on any atom is -0.444 e. The van der Waals surface area contributed by atoms with Crippen molar-refractivity contribution >= 4 is 12.2 Å². The van der Waals surface area contributed by atoms with Gasteiger partial charge in [-0.25, -0.2) is 4.79 Å². The van der Waals surface area contributed by atoms with Gasteiger partial charge in [-0.2, -0.15) is 0 Å². The summed E-state index contributed by atoms with van der Waals surface area (Å²) in [7, 11) is 0. The fraction of sp³-hybridized carbons (Fsp3) is 0.400. The van der Waals surface area contributed by atoms with Crippen LogP contribution in [0, 0.1) is 0 Å². The van der Waals surface area contributed by atoms with Crippen molar-refractivity contribution in [2.45, 2.75) is 32.8 Å². The van der Waals surface area contributed by atoms with Crippen molar-refractivity contribution in [3.05, 3.63) is 42.0 Å². The molecule has 0 spiro atoms. The van der Waals surface area contributed by atoms with E-state index in [-0.39, 0.29) is 6.09 Å². The molecule has 1 aromatic rings. The maximum atomic E-state index is 11.4. The molecule has 0 aliphatic rings. The molecule has 1 rings (SSSR count). The van der Waals surface area contributed by atoms with Crippen molar-refractivity contribution in [3.63, 3.8) is 0 Å². The topological polar surface area (TPSA) is 38.3 Å². The molecule has 3 nitrogen and oxygen atoms in total. The standard InChI is InChI=1S/C15H21NO2/c1-5-12-6-8-13(9-7-12)10-11-16-14(17)18-15(2,3)4/h5-9H,1,10-11H2,2-4H3,(H,16,17). The second kappa shape index (κ2) is 6.24. The van der Waals surface area contributed by atoms with Crippen molar-refractivity contribution < 1.29 is 9.53 Å². The zero-order valence-electron chi connectivity index (χ0n) is 11.3. The van der Waals surface area contributed by atoms with Crippen LogP contribution in [-0.4, -0.2) is 18.2 Å². The second-order valence-electron chi connectivity index (χ2n) is 5.12. The lowest BCUT2D eigenvalue weighted by Crippen LogP contribution is -2.33. The van der Waals surface area contributed by atoms with E-state index in [1.165, 1.54) is 5.56 Å². The van der Waals surface area contributed by atoms with E-state index in [0.717, 1.165) is 12.0 Å². The maximum Gasteiger partial charge on any atom is 0.407 e. The fourth-order valence-corrected chi connectivity index (χ4v) is 1.44. The molecule has 0 radical (unpaired) electrons. The van der Waals surface area contributed by atoms with Crippen LogP contribution in [0.4, 0.5) is 4.79 Å². The van der Waals surface area contributed by atoms with Crippen molar-refractivity contribution in [2.75, 3.05) is 6.54 Å². The highest BCUT2D eigenvalue weighted by atomic mass is 16.6. The second-order valence-corrected chi connectivity index (χ2v) is 5.12. The number of benzene rings is 1. The molecule has 0 fully saturated rings. The average Bonchev–Trinajstić information content (AvgIpc) is 2.27. The van der Waals surface area contributed by atoms with E-state index >= 15 is 0 Å². The molecule has 1 aromatic carbocycles. The molecule has 0 aromatic heterocycles. The van der Waals surface area contributed by atoms with Gasteiger partial charge in [0.05, 0.1) is 0 Å². The van der Waals surface area contributed by atoms with Gasteiger partial charge in [-0.15, -0.1) is 0 Å². The van der Waals surface area contributed by atoms with E-state index in [0.29, 0.717) is 6.54 Å². The Morgan fingerprint density at radius 3 is 2.44 bits per heavy atom. The highest BCUT2D eigenvalue weighted by Gasteiger charge is 2.15. The first-order valence-corrected chi connectivity index (χ1v) is 6.09. The highest BCUT2D eigenvalue weighted by Crippen LogP contribution is 2.07. The average molecular weight is 247 g/mol. The lowest BCUT2D eigenvalue weighted by molar-refractivity contribution is 0.0528. The summed E-state index contributed by atoms with van der Waals surface area (Å²) in [6.45, 7) is 9.82. The monoisotopic (exact) mass is 247 g/mol. The normalized spacial score (nSPS) is 10.8. The van der Waals surface area contributed by atoms with E-state index in [1.807, 2.05) is 51.1 Å². The van der Waals surface area contributed by atoms with Crippen LogP contribution in [0.2, 0.25) is 0 Å². The molecule has 0 bridgehead atoms. The lowest BCUT2D eigenvalue weighted by atomic mass is 10.1. The molecule has 18 heavy (non-hydrogen) atoms. The summed E-state index contributed by atoms with van der Waals surface area (Å²) < 4.78 is 5.15. The highest BCUT2D eigenvalue weighted by molar-refractivity contribution is 5.67. The Hall–Kier alpha value is -1.77. The first kappa shape index (κ1) is 14.3. The molecule has 1 N–H and O–H groups in total. The van der Waals surface area contributed by atoms with Crippen LogP contribution < -0.4 is 5.32 Å². The fourth-order valence-electron chi connectivity index (χ4n) is 1.44. The first-order chi connectivity index (χ1) is 8.40. The Labute approximate surface area is 109 Å². The van der Waals surface area contributed by atoms with E-state index in [9.17, 15) is 4.79 Å². The van der Waals surface area contributed by atoms with Gasteiger partial charge in [-0.1, -0.05) is 36.9 Å². The number of hydrogen-bond donors (Lipinski definition) is 1. The summed E-state index contributed by atoms with van der Waals surface area (Å²) in [5, 5.41) is 2.73. The van der Waals surface area contributed by atoms with Gasteiger partial charge in [-0.05, 0) is 38.3 Å². The van der Waals surface area contributed by atoms with Gasteiger partial charge in [0.2, 0.25) is 0 Å². The molecule has 0 unspecified atom stereocenters. The van der Waals surface area contributed by atoms with Crippen LogP contribution in [0.15, 0.2) is 30.8 Å². The zero-order valence-corrected chi connectivity index (χ0v) is 11.3. The minimum absolute atomic E-state index is 0.370. The predicted octanol–water partition coefficient (Wildman–Crippen LogP) is 3.40. The van der Waals surface area contributed by atoms with Gasteiger partial charge in [-0.3, -0.25) is 0 Å². The van der Waals surface area contributed by atoms with Crippen LogP contribution >= 0.6 is 0 Å². The van der Waals surface area contributed by atoms with E-state index in [2.05, 4.69) is 11.9 Å². The smallest absolute Gasteiger partial charge is 0.407 e. The number of nitrogens with one attached hydrogen (secondary N) is 1. The van der Waals surface area contributed by atoms with Gasteiger partial charge in [0.1, 0.15) is 5.60 Å². The number of rotatable bonds is 4. The Morgan fingerprint density at radius 2 is 1.94 bits per heavy atom. The number of amides is 1. The Bertz CT molecular complexity index is 401.